The first kappa shape index (κ1) is 23.0. The summed E-state index contributed by atoms with van der Waals surface area (Å²) in [6, 6.07) is 15.3. The van der Waals surface area contributed by atoms with Crippen molar-refractivity contribution in [3.8, 4) is 11.1 Å². The average molecular weight is 492 g/mol. The molecule has 1 aromatic heterocycles. The predicted molar refractivity (Wildman–Crippen MR) is 131 cm³/mol. The number of rotatable bonds is 9. The van der Waals surface area contributed by atoms with E-state index in [1.807, 2.05) is 24.3 Å². The van der Waals surface area contributed by atoms with Crippen molar-refractivity contribution in [2.24, 2.45) is 5.92 Å². The third-order valence-corrected chi connectivity index (χ3v) is 7.15. The Bertz CT molecular complexity index is 1220. The number of aliphatic carboxylic acids is 1. The van der Waals surface area contributed by atoms with Gasteiger partial charge in [-0.05, 0) is 34.6 Å². The number of nitrogens with one attached hydrogen (secondary N) is 2. The Kier molecular flexibility index (Phi) is 6.50. The molecule has 3 aromatic rings. The van der Waals surface area contributed by atoms with Gasteiger partial charge in [-0.25, -0.2) is 14.6 Å². The van der Waals surface area contributed by atoms with Crippen LogP contribution in [0, 0.1) is 5.92 Å². The molecule has 3 N–H and O–H groups in total. The van der Waals surface area contributed by atoms with Crippen molar-refractivity contribution in [3.63, 3.8) is 0 Å². The van der Waals surface area contributed by atoms with Crippen LogP contribution >= 0.6 is 11.3 Å². The highest BCUT2D eigenvalue weighted by atomic mass is 32.1. The normalized spacial score (nSPS) is 15.1. The molecule has 2 amide bonds. The lowest BCUT2D eigenvalue weighted by molar-refractivity contribution is -0.142. The molecule has 5 rings (SSSR count). The lowest BCUT2D eigenvalue weighted by atomic mass is 9.98. The standard InChI is InChI=1S/C26H25N3O5S/c30-23(28-22(24(31)32)11-15-9-10-15)12-16-14-35-25(27-16)29-26(33)34-13-21-19-7-3-1-5-17(19)18-6-2-4-8-20(18)21/h1-8,14-15,21-22H,9-13H2,(H,28,30)(H,31,32)(H,27,29,33)/t22-/m0/s1. The highest BCUT2D eigenvalue weighted by Crippen LogP contribution is 2.44. The quantitative estimate of drug-likeness (QED) is 0.408. The molecule has 180 valence electrons. The van der Waals surface area contributed by atoms with Crippen LogP contribution in [0.3, 0.4) is 0 Å². The minimum Gasteiger partial charge on any atom is -0.480 e. The van der Waals surface area contributed by atoms with Crippen LogP contribution in [-0.2, 0) is 20.7 Å². The van der Waals surface area contributed by atoms with Gasteiger partial charge in [0.15, 0.2) is 5.13 Å². The summed E-state index contributed by atoms with van der Waals surface area (Å²) in [5.41, 5.74) is 5.03. The fraction of sp³-hybridized carbons (Fsp3) is 0.308. The van der Waals surface area contributed by atoms with Crippen LogP contribution in [0.4, 0.5) is 9.93 Å². The molecule has 0 saturated heterocycles. The molecule has 0 radical (unpaired) electrons. The van der Waals surface area contributed by atoms with E-state index in [1.165, 1.54) is 11.3 Å². The molecule has 2 aromatic carbocycles. The summed E-state index contributed by atoms with van der Waals surface area (Å²) in [6.45, 7) is 0.193. The van der Waals surface area contributed by atoms with Gasteiger partial charge in [-0.3, -0.25) is 10.1 Å². The van der Waals surface area contributed by atoms with Gasteiger partial charge in [0.25, 0.3) is 0 Å². The molecule has 1 saturated carbocycles. The summed E-state index contributed by atoms with van der Waals surface area (Å²) in [7, 11) is 0. The molecule has 2 aliphatic carbocycles. The summed E-state index contributed by atoms with van der Waals surface area (Å²) >= 11 is 1.18. The molecule has 0 spiro atoms. The number of fused-ring (bicyclic) bond motifs is 3. The number of anilines is 1. The fourth-order valence-electron chi connectivity index (χ4n) is 4.49. The van der Waals surface area contributed by atoms with Gasteiger partial charge in [0.05, 0.1) is 12.1 Å². The van der Waals surface area contributed by atoms with Gasteiger partial charge in [-0.1, -0.05) is 61.4 Å². The summed E-state index contributed by atoms with van der Waals surface area (Å²) in [5.74, 6) is -1.10. The van der Waals surface area contributed by atoms with Crippen LogP contribution in [0.5, 0.6) is 0 Å². The van der Waals surface area contributed by atoms with Crippen molar-refractivity contribution >= 4 is 34.4 Å². The Balaban J connectivity index is 1.14. The number of carbonyl (C=O) groups is 3. The largest absolute Gasteiger partial charge is 0.480 e. The summed E-state index contributed by atoms with van der Waals surface area (Å²) in [6.07, 6.45) is 1.80. The highest BCUT2D eigenvalue weighted by molar-refractivity contribution is 7.13. The summed E-state index contributed by atoms with van der Waals surface area (Å²) in [5, 5.41) is 16.5. The van der Waals surface area contributed by atoms with Crippen LogP contribution in [0.1, 0.15) is 42.0 Å². The topological polar surface area (TPSA) is 118 Å². The number of carboxylic acids is 1. The molecule has 1 heterocycles. The molecule has 1 atom stereocenters. The Morgan fingerprint density at radius 3 is 2.34 bits per heavy atom. The maximum Gasteiger partial charge on any atom is 0.413 e. The lowest BCUT2D eigenvalue weighted by Gasteiger charge is -2.14. The number of nitrogens with zero attached hydrogens (tertiary/aromatic N) is 1. The van der Waals surface area contributed by atoms with Crippen molar-refractivity contribution in [1.29, 1.82) is 0 Å². The first-order valence-corrected chi connectivity index (χ1v) is 12.4. The monoisotopic (exact) mass is 491 g/mol. The highest BCUT2D eigenvalue weighted by Gasteiger charge is 2.31. The van der Waals surface area contributed by atoms with Crippen molar-refractivity contribution in [2.75, 3.05) is 11.9 Å². The van der Waals surface area contributed by atoms with Crippen molar-refractivity contribution in [3.05, 3.63) is 70.7 Å². The maximum absolute atomic E-state index is 12.4. The number of ether oxygens (including phenoxy) is 1. The molecular weight excluding hydrogens is 466 g/mol. The third kappa shape index (κ3) is 5.35. The Morgan fingerprint density at radius 1 is 1.06 bits per heavy atom. The second-order valence-electron chi connectivity index (χ2n) is 8.91. The number of hydrogen-bond acceptors (Lipinski definition) is 6. The van der Waals surface area contributed by atoms with Gasteiger partial charge in [0, 0.05) is 11.3 Å². The van der Waals surface area contributed by atoms with Gasteiger partial charge in [0.1, 0.15) is 12.6 Å². The van der Waals surface area contributed by atoms with E-state index in [9.17, 15) is 19.5 Å². The SMILES string of the molecule is O=C(Cc1csc(NC(=O)OCC2c3ccccc3-c3ccccc32)n1)N[C@@H](CC1CC1)C(=O)O. The fourth-order valence-corrected chi connectivity index (χ4v) is 5.18. The van der Waals surface area contributed by atoms with E-state index < -0.39 is 24.0 Å². The number of carbonyl (C=O) groups excluding carboxylic acids is 2. The van der Waals surface area contributed by atoms with E-state index in [2.05, 4.69) is 39.9 Å². The van der Waals surface area contributed by atoms with Gasteiger partial charge in [0.2, 0.25) is 5.91 Å². The molecular formula is C26H25N3O5S. The zero-order valence-electron chi connectivity index (χ0n) is 18.9. The van der Waals surface area contributed by atoms with Crippen molar-refractivity contribution in [2.45, 2.75) is 37.6 Å². The first-order valence-electron chi connectivity index (χ1n) is 11.6. The first-order chi connectivity index (χ1) is 17.0. The van der Waals surface area contributed by atoms with E-state index in [-0.39, 0.29) is 18.9 Å². The summed E-state index contributed by atoms with van der Waals surface area (Å²) < 4.78 is 5.53. The Hall–Kier alpha value is -3.72. The Morgan fingerprint density at radius 2 is 1.71 bits per heavy atom. The van der Waals surface area contributed by atoms with Crippen LogP contribution in [0.25, 0.3) is 11.1 Å². The van der Waals surface area contributed by atoms with E-state index in [0.29, 0.717) is 23.2 Å². The van der Waals surface area contributed by atoms with Crippen LogP contribution in [-0.4, -0.2) is 40.7 Å². The molecule has 0 aliphatic heterocycles. The number of benzene rings is 2. The van der Waals surface area contributed by atoms with Gasteiger partial charge in [-0.2, -0.15) is 0 Å². The zero-order chi connectivity index (χ0) is 24.4. The molecule has 8 nitrogen and oxygen atoms in total. The molecule has 2 aliphatic rings. The number of hydrogen-bond donors (Lipinski definition) is 3. The summed E-state index contributed by atoms with van der Waals surface area (Å²) in [4.78, 5) is 40.4. The Labute approximate surface area is 206 Å². The van der Waals surface area contributed by atoms with Crippen molar-refractivity contribution < 1.29 is 24.2 Å². The number of aromatic nitrogens is 1. The van der Waals surface area contributed by atoms with E-state index in [1.54, 1.807) is 5.38 Å². The zero-order valence-corrected chi connectivity index (χ0v) is 19.7. The van der Waals surface area contributed by atoms with Crippen LogP contribution in [0.2, 0.25) is 0 Å². The molecule has 9 heteroatoms. The van der Waals surface area contributed by atoms with E-state index in [4.69, 9.17) is 4.74 Å². The smallest absolute Gasteiger partial charge is 0.413 e. The average Bonchev–Trinajstić information content (AvgIpc) is 3.47. The molecule has 1 fully saturated rings. The minimum absolute atomic E-state index is 0.0403. The van der Waals surface area contributed by atoms with Gasteiger partial charge < -0.3 is 15.2 Å². The number of thiazole rings is 1. The van der Waals surface area contributed by atoms with Gasteiger partial charge >= 0.3 is 12.1 Å². The third-order valence-electron chi connectivity index (χ3n) is 6.35. The van der Waals surface area contributed by atoms with Crippen LogP contribution < -0.4 is 10.6 Å². The predicted octanol–water partition coefficient (Wildman–Crippen LogP) is 4.42. The maximum atomic E-state index is 12.4. The van der Waals surface area contributed by atoms with Crippen LogP contribution in [0.15, 0.2) is 53.9 Å². The second kappa shape index (κ2) is 9.87. The molecule has 0 bridgehead atoms. The van der Waals surface area contributed by atoms with E-state index in [0.717, 1.165) is 35.1 Å². The lowest BCUT2D eigenvalue weighted by Crippen LogP contribution is -2.41. The van der Waals surface area contributed by atoms with Gasteiger partial charge in [-0.15, -0.1) is 11.3 Å². The van der Waals surface area contributed by atoms with Crippen molar-refractivity contribution in [1.82, 2.24) is 10.3 Å². The molecule has 0 unspecified atom stereocenters. The second-order valence-corrected chi connectivity index (χ2v) is 9.77. The van der Waals surface area contributed by atoms with E-state index >= 15 is 0 Å². The molecule has 35 heavy (non-hydrogen) atoms. The minimum atomic E-state index is -1.03. The number of amides is 2. The number of carboxylic acid groups (broad SMARTS) is 1.